The van der Waals surface area contributed by atoms with Crippen LogP contribution in [0.2, 0.25) is 0 Å². The number of fused-ring (bicyclic) bond motifs is 3. The Morgan fingerprint density at radius 3 is 3.42 bits per heavy atom. The van der Waals surface area contributed by atoms with Crippen molar-refractivity contribution < 1.29 is 0 Å². The monoisotopic (exact) mass is 157 g/mol. The van der Waals surface area contributed by atoms with Gasteiger partial charge in [0.05, 0.1) is 29.0 Å². The average Bonchev–Trinajstić information content (AvgIpc) is 2.71. The van der Waals surface area contributed by atoms with Crippen molar-refractivity contribution >= 4 is 17.0 Å². The molecule has 0 unspecified atom stereocenters. The van der Waals surface area contributed by atoms with Crippen LogP contribution in [0.15, 0.2) is 23.5 Å². The van der Waals surface area contributed by atoms with E-state index in [9.17, 15) is 0 Å². The van der Waals surface area contributed by atoms with E-state index in [1.165, 1.54) is 5.39 Å². The second-order valence-electron chi connectivity index (χ2n) is 2.84. The number of nitrogens with zero attached hydrogens (tertiary/aromatic N) is 2. The molecule has 0 spiro atoms. The molecule has 0 aliphatic carbocycles. The Morgan fingerprint density at radius 2 is 2.42 bits per heavy atom. The Bertz CT molecular complexity index is 551. The molecule has 3 heterocycles. The first kappa shape index (κ1) is 5.94. The summed E-state index contributed by atoms with van der Waals surface area (Å²) in [5, 5.41) is 3.23. The smallest absolute Gasteiger partial charge is 0.0926 e. The highest BCUT2D eigenvalue weighted by molar-refractivity contribution is 5.78. The largest absolute Gasteiger partial charge is 0.360 e. The number of nitrogens with one attached hydrogen (secondary N) is 1. The van der Waals surface area contributed by atoms with Crippen LogP contribution in [-0.4, -0.2) is 16.5 Å². The van der Waals surface area contributed by atoms with Gasteiger partial charge >= 0.3 is 0 Å². The van der Waals surface area contributed by atoms with Crippen molar-refractivity contribution in [2.24, 2.45) is 4.99 Å². The van der Waals surface area contributed by atoms with Gasteiger partial charge in [0.1, 0.15) is 0 Å². The summed E-state index contributed by atoms with van der Waals surface area (Å²) in [7, 11) is 0. The normalized spacial score (nSPS) is 14.0. The van der Waals surface area contributed by atoms with Crippen molar-refractivity contribution in [3.63, 3.8) is 0 Å². The maximum absolute atomic E-state index is 4.36. The molecule has 2 aromatic rings. The van der Waals surface area contributed by atoms with Gasteiger partial charge in [-0.3, -0.25) is 9.98 Å². The molecule has 0 fully saturated rings. The average molecular weight is 157 g/mol. The van der Waals surface area contributed by atoms with E-state index in [1.54, 1.807) is 0 Å². The first-order valence-corrected chi connectivity index (χ1v) is 3.92. The molecule has 3 nitrogen and oxygen atoms in total. The molecule has 1 aliphatic rings. The van der Waals surface area contributed by atoms with E-state index in [-0.39, 0.29) is 0 Å². The summed E-state index contributed by atoms with van der Waals surface area (Å²) in [4.78, 5) is 11.8. The molecule has 0 atom stereocenters. The first-order valence-electron chi connectivity index (χ1n) is 3.92. The van der Waals surface area contributed by atoms with E-state index >= 15 is 0 Å². The number of hydrogen-bond donors (Lipinski definition) is 1. The molecule has 3 heteroatoms. The zero-order chi connectivity index (χ0) is 7.97. The van der Waals surface area contributed by atoms with E-state index in [2.05, 4.69) is 15.0 Å². The van der Waals surface area contributed by atoms with Crippen LogP contribution < -0.4 is 10.7 Å². The quantitative estimate of drug-likeness (QED) is 0.573. The Hall–Kier alpha value is -1.64. The summed E-state index contributed by atoms with van der Waals surface area (Å²) < 4.78 is 0. The number of rotatable bonds is 0. The molecule has 0 bridgehead atoms. The fourth-order valence-electron chi connectivity index (χ4n) is 1.57. The second-order valence-corrected chi connectivity index (χ2v) is 2.84. The number of H-pyrrole nitrogens is 1. The molecular formula is C9H7N3. The topological polar surface area (TPSA) is 41.0 Å². The van der Waals surface area contributed by atoms with Crippen LogP contribution in [0.3, 0.4) is 0 Å². The van der Waals surface area contributed by atoms with Gasteiger partial charge in [-0.25, -0.2) is 0 Å². The highest BCUT2D eigenvalue weighted by Crippen LogP contribution is 2.02. The number of pyridine rings is 1. The predicted octanol–water partition coefficient (Wildman–Crippen LogP) is -0.0234. The van der Waals surface area contributed by atoms with Gasteiger partial charge in [0.15, 0.2) is 0 Å². The fourth-order valence-corrected chi connectivity index (χ4v) is 1.57. The third-order valence-corrected chi connectivity index (χ3v) is 2.14. The lowest BCUT2D eigenvalue weighted by Gasteiger charge is -1.87. The summed E-state index contributed by atoms with van der Waals surface area (Å²) in [6.45, 7) is 0.770. The van der Waals surface area contributed by atoms with Crippen LogP contribution in [-0.2, 0) is 0 Å². The minimum Gasteiger partial charge on any atom is -0.360 e. The molecule has 3 rings (SSSR count). The maximum Gasteiger partial charge on any atom is 0.0926 e. The van der Waals surface area contributed by atoms with Gasteiger partial charge in [0.25, 0.3) is 0 Å². The predicted molar refractivity (Wildman–Crippen MR) is 46.2 cm³/mol. The van der Waals surface area contributed by atoms with E-state index in [4.69, 9.17) is 0 Å². The Balaban J connectivity index is 2.73. The van der Waals surface area contributed by atoms with Gasteiger partial charge in [-0.2, -0.15) is 0 Å². The summed E-state index contributed by atoms with van der Waals surface area (Å²) in [5.74, 6) is 0. The van der Waals surface area contributed by atoms with Gasteiger partial charge in [0, 0.05) is 11.6 Å². The van der Waals surface area contributed by atoms with E-state index < -0.39 is 0 Å². The second kappa shape index (κ2) is 1.94. The molecular weight excluding hydrogens is 150 g/mol. The third kappa shape index (κ3) is 0.605. The summed E-state index contributed by atoms with van der Waals surface area (Å²) >= 11 is 0. The molecule has 0 saturated carbocycles. The van der Waals surface area contributed by atoms with Crippen LogP contribution >= 0.6 is 0 Å². The Kier molecular flexibility index (Phi) is 0.961. The van der Waals surface area contributed by atoms with Crippen molar-refractivity contribution in [1.29, 1.82) is 0 Å². The van der Waals surface area contributed by atoms with Crippen molar-refractivity contribution in [2.75, 3.05) is 6.54 Å². The van der Waals surface area contributed by atoms with Crippen molar-refractivity contribution in [1.82, 2.24) is 9.97 Å². The van der Waals surface area contributed by atoms with Gasteiger partial charge in [-0.05, 0) is 12.1 Å². The lowest BCUT2D eigenvalue weighted by molar-refractivity contribution is 1.20. The Labute approximate surface area is 68.5 Å². The van der Waals surface area contributed by atoms with Crippen LogP contribution in [0.25, 0.3) is 17.0 Å². The molecule has 0 amide bonds. The van der Waals surface area contributed by atoms with Gasteiger partial charge in [0.2, 0.25) is 0 Å². The van der Waals surface area contributed by atoms with Crippen LogP contribution in [0.1, 0.15) is 0 Å². The van der Waals surface area contributed by atoms with Crippen LogP contribution in [0, 0.1) is 0 Å². The fraction of sp³-hybridized carbons (Fsp3) is 0.111. The van der Waals surface area contributed by atoms with Crippen LogP contribution in [0.4, 0.5) is 0 Å². The maximum atomic E-state index is 4.36. The van der Waals surface area contributed by atoms with E-state index in [1.807, 2.05) is 24.5 Å². The van der Waals surface area contributed by atoms with E-state index in [0.29, 0.717) is 0 Å². The number of hydrogen-bond acceptors (Lipinski definition) is 2. The number of aromatic amines is 1. The third-order valence-electron chi connectivity index (χ3n) is 2.14. The molecule has 1 N–H and O–H groups in total. The molecule has 0 radical (unpaired) electrons. The SMILES string of the molecule is C1=c2ncc3[nH]ccc3c2=NC1. The highest BCUT2D eigenvalue weighted by atomic mass is 14.8. The van der Waals surface area contributed by atoms with Crippen molar-refractivity contribution in [2.45, 2.75) is 0 Å². The van der Waals surface area contributed by atoms with Crippen LogP contribution in [0.5, 0.6) is 0 Å². The lowest BCUT2D eigenvalue weighted by Crippen LogP contribution is -2.25. The van der Waals surface area contributed by atoms with Gasteiger partial charge in [-0.15, -0.1) is 0 Å². The molecule has 0 aromatic carbocycles. The van der Waals surface area contributed by atoms with Gasteiger partial charge in [-0.1, -0.05) is 0 Å². The van der Waals surface area contributed by atoms with E-state index in [0.717, 1.165) is 22.8 Å². The summed E-state index contributed by atoms with van der Waals surface area (Å²) in [6, 6.07) is 2.04. The lowest BCUT2D eigenvalue weighted by atomic mass is 10.3. The standard InChI is InChI=1S/C9H7N3/c1-3-10-8-5-12-7-2-4-11-9(7)6(1)8/h1-3,5,10H,4H2. The van der Waals surface area contributed by atoms with Gasteiger partial charge < -0.3 is 4.98 Å². The molecule has 1 aliphatic heterocycles. The molecule has 0 saturated heterocycles. The van der Waals surface area contributed by atoms with Crippen molar-refractivity contribution in [3.8, 4) is 0 Å². The molecule has 2 aromatic heterocycles. The summed E-state index contributed by atoms with van der Waals surface area (Å²) in [5.41, 5.74) is 1.06. The highest BCUT2D eigenvalue weighted by Gasteiger charge is 2.01. The molecule has 58 valence electrons. The number of aromatic nitrogens is 2. The molecule has 12 heavy (non-hydrogen) atoms. The van der Waals surface area contributed by atoms with Crippen molar-refractivity contribution in [3.05, 3.63) is 29.2 Å². The minimum atomic E-state index is 0.770. The zero-order valence-electron chi connectivity index (χ0n) is 6.41. The zero-order valence-corrected chi connectivity index (χ0v) is 6.41. The first-order chi connectivity index (χ1) is 5.95. The Morgan fingerprint density at radius 1 is 1.42 bits per heavy atom. The summed E-state index contributed by atoms with van der Waals surface area (Å²) in [6.07, 6.45) is 5.81. The minimum absolute atomic E-state index is 0.770.